The van der Waals surface area contributed by atoms with E-state index in [0.29, 0.717) is 5.56 Å². The van der Waals surface area contributed by atoms with Gasteiger partial charge in [0.15, 0.2) is 0 Å². The molecule has 1 atom stereocenters. The fraction of sp³-hybridized carbons (Fsp3) is 0.450. The van der Waals surface area contributed by atoms with Gasteiger partial charge in [0.25, 0.3) is 5.69 Å². The number of carbonyl (C=O) groups is 3. The number of allylic oxidation sites excluding steroid dienone is 1. The standard InChI is InChI=1S/C20H25N3O8/c1-4-30-19(25)17-13(2)21-20(26)22(9-8-16(24)31-11-10-29-3)18(17)14-6-5-7-15(12-14)23(27)28/h5-7,12,18H,4,8-11H2,1-3H3,(H,21,26). The summed E-state index contributed by atoms with van der Waals surface area (Å²) in [6.07, 6.45) is -0.141. The van der Waals surface area contributed by atoms with Gasteiger partial charge in [-0.25, -0.2) is 9.59 Å². The van der Waals surface area contributed by atoms with Gasteiger partial charge in [-0.1, -0.05) is 12.1 Å². The van der Waals surface area contributed by atoms with Crippen LogP contribution in [0.5, 0.6) is 0 Å². The number of nitro benzene ring substituents is 1. The van der Waals surface area contributed by atoms with E-state index in [1.165, 1.54) is 30.2 Å². The minimum Gasteiger partial charge on any atom is -0.463 e. The molecule has 0 bridgehead atoms. The minimum atomic E-state index is -0.973. The third kappa shape index (κ3) is 6.01. The lowest BCUT2D eigenvalue weighted by atomic mass is 9.93. The van der Waals surface area contributed by atoms with Gasteiger partial charge >= 0.3 is 18.0 Å². The number of urea groups is 1. The highest BCUT2D eigenvalue weighted by molar-refractivity contribution is 5.95. The third-order valence-electron chi connectivity index (χ3n) is 4.54. The summed E-state index contributed by atoms with van der Waals surface area (Å²) >= 11 is 0. The van der Waals surface area contributed by atoms with E-state index < -0.39 is 28.9 Å². The van der Waals surface area contributed by atoms with E-state index in [0.717, 1.165) is 0 Å². The molecule has 1 aromatic rings. The van der Waals surface area contributed by atoms with Crippen molar-refractivity contribution in [1.29, 1.82) is 0 Å². The van der Waals surface area contributed by atoms with Crippen LogP contribution in [0.4, 0.5) is 10.5 Å². The number of carbonyl (C=O) groups excluding carboxylic acids is 3. The summed E-state index contributed by atoms with van der Waals surface area (Å²) in [7, 11) is 1.47. The van der Waals surface area contributed by atoms with E-state index >= 15 is 0 Å². The number of nitrogens with one attached hydrogen (secondary N) is 1. The van der Waals surface area contributed by atoms with E-state index in [4.69, 9.17) is 14.2 Å². The molecule has 11 heteroatoms. The fourth-order valence-electron chi connectivity index (χ4n) is 3.16. The summed E-state index contributed by atoms with van der Waals surface area (Å²) in [4.78, 5) is 49.4. The first-order valence-corrected chi connectivity index (χ1v) is 9.64. The highest BCUT2D eigenvalue weighted by atomic mass is 16.6. The fourth-order valence-corrected chi connectivity index (χ4v) is 3.16. The van der Waals surface area contributed by atoms with Gasteiger partial charge < -0.3 is 24.4 Å². The number of hydrogen-bond acceptors (Lipinski definition) is 8. The number of rotatable bonds is 10. The average Bonchev–Trinajstić information content (AvgIpc) is 2.73. The van der Waals surface area contributed by atoms with Gasteiger partial charge in [-0.05, 0) is 19.4 Å². The van der Waals surface area contributed by atoms with Crippen LogP contribution in [0.3, 0.4) is 0 Å². The van der Waals surface area contributed by atoms with Crippen molar-refractivity contribution in [2.75, 3.05) is 33.5 Å². The van der Waals surface area contributed by atoms with Crippen molar-refractivity contribution in [3.05, 3.63) is 51.2 Å². The lowest BCUT2D eigenvalue weighted by Gasteiger charge is -2.37. The smallest absolute Gasteiger partial charge is 0.338 e. The van der Waals surface area contributed by atoms with Crippen LogP contribution in [-0.2, 0) is 23.8 Å². The molecule has 0 spiro atoms. The number of esters is 2. The molecule has 31 heavy (non-hydrogen) atoms. The van der Waals surface area contributed by atoms with Gasteiger partial charge in [0.1, 0.15) is 6.61 Å². The highest BCUT2D eigenvalue weighted by Crippen LogP contribution is 2.35. The Kier molecular flexibility index (Phi) is 8.50. The van der Waals surface area contributed by atoms with Crippen LogP contribution in [0, 0.1) is 10.1 Å². The molecule has 0 aromatic heterocycles. The molecule has 0 fully saturated rings. The lowest BCUT2D eigenvalue weighted by molar-refractivity contribution is -0.384. The molecule has 0 saturated carbocycles. The normalized spacial score (nSPS) is 16.0. The Labute approximate surface area is 179 Å². The molecule has 11 nitrogen and oxygen atoms in total. The molecule has 0 radical (unpaired) electrons. The van der Waals surface area contributed by atoms with Crippen LogP contribution in [0.25, 0.3) is 0 Å². The Balaban J connectivity index is 2.40. The molecule has 2 amide bonds. The third-order valence-corrected chi connectivity index (χ3v) is 4.54. The lowest BCUT2D eigenvalue weighted by Crippen LogP contribution is -2.49. The van der Waals surface area contributed by atoms with Crippen molar-refractivity contribution >= 4 is 23.7 Å². The van der Waals surface area contributed by atoms with Crippen molar-refractivity contribution < 1.29 is 33.5 Å². The molecule has 1 aliphatic rings. The molecule has 1 heterocycles. The van der Waals surface area contributed by atoms with Gasteiger partial charge in [-0.3, -0.25) is 14.9 Å². The molecule has 1 unspecified atom stereocenters. The van der Waals surface area contributed by atoms with E-state index in [-0.39, 0.29) is 49.7 Å². The van der Waals surface area contributed by atoms with Crippen LogP contribution >= 0.6 is 0 Å². The number of ether oxygens (including phenoxy) is 3. The maximum absolute atomic E-state index is 12.7. The minimum absolute atomic E-state index is 0.0723. The second-order valence-corrected chi connectivity index (χ2v) is 6.60. The van der Waals surface area contributed by atoms with E-state index in [2.05, 4.69) is 5.32 Å². The summed E-state index contributed by atoms with van der Waals surface area (Å²) in [5.41, 5.74) is 0.566. The quantitative estimate of drug-likeness (QED) is 0.255. The van der Waals surface area contributed by atoms with E-state index in [1.54, 1.807) is 19.9 Å². The second kappa shape index (κ2) is 11.1. The number of non-ortho nitro benzene ring substituents is 1. The Morgan fingerprint density at radius 3 is 2.65 bits per heavy atom. The van der Waals surface area contributed by atoms with Crippen molar-refractivity contribution in [3.63, 3.8) is 0 Å². The maximum Gasteiger partial charge on any atom is 0.338 e. The number of methoxy groups -OCH3 is 1. The van der Waals surface area contributed by atoms with Gasteiger partial charge in [-0.2, -0.15) is 0 Å². The zero-order chi connectivity index (χ0) is 23.0. The van der Waals surface area contributed by atoms with E-state index in [9.17, 15) is 24.5 Å². The van der Waals surface area contributed by atoms with Crippen molar-refractivity contribution in [2.24, 2.45) is 0 Å². The molecule has 1 aliphatic heterocycles. The Morgan fingerprint density at radius 1 is 1.26 bits per heavy atom. The number of amides is 2. The molecule has 1 aromatic carbocycles. The van der Waals surface area contributed by atoms with Crippen LogP contribution in [0.1, 0.15) is 31.9 Å². The predicted octanol–water partition coefficient (Wildman–Crippen LogP) is 2.08. The molecule has 0 saturated heterocycles. The maximum atomic E-state index is 12.7. The predicted molar refractivity (Wildman–Crippen MR) is 108 cm³/mol. The Bertz CT molecular complexity index is 883. The summed E-state index contributed by atoms with van der Waals surface area (Å²) in [6, 6.07) is 4.12. The summed E-state index contributed by atoms with van der Waals surface area (Å²) < 4.78 is 15.0. The van der Waals surface area contributed by atoms with Gasteiger partial charge in [0.05, 0.1) is 36.2 Å². The largest absolute Gasteiger partial charge is 0.463 e. The Hall–Kier alpha value is -3.47. The first-order chi connectivity index (χ1) is 14.8. The van der Waals surface area contributed by atoms with Crippen LogP contribution < -0.4 is 5.32 Å². The zero-order valence-corrected chi connectivity index (χ0v) is 17.6. The van der Waals surface area contributed by atoms with Crippen LogP contribution in [0.15, 0.2) is 35.5 Å². The summed E-state index contributed by atoms with van der Waals surface area (Å²) in [5.74, 6) is -1.21. The van der Waals surface area contributed by atoms with Crippen molar-refractivity contribution in [1.82, 2.24) is 10.2 Å². The highest BCUT2D eigenvalue weighted by Gasteiger charge is 2.39. The first-order valence-electron chi connectivity index (χ1n) is 9.64. The number of benzene rings is 1. The Morgan fingerprint density at radius 2 is 2.00 bits per heavy atom. The number of nitro groups is 1. The van der Waals surface area contributed by atoms with Crippen LogP contribution in [0.2, 0.25) is 0 Å². The van der Waals surface area contributed by atoms with Crippen LogP contribution in [-0.4, -0.2) is 61.3 Å². The molecule has 1 N–H and O–H groups in total. The van der Waals surface area contributed by atoms with Gasteiger partial charge in [-0.15, -0.1) is 0 Å². The molecular formula is C20H25N3O8. The summed E-state index contributed by atoms with van der Waals surface area (Å²) in [5, 5.41) is 13.8. The zero-order valence-electron chi connectivity index (χ0n) is 17.6. The van der Waals surface area contributed by atoms with Gasteiger partial charge in [0.2, 0.25) is 0 Å². The topological polar surface area (TPSA) is 137 Å². The first kappa shape index (κ1) is 23.8. The number of hydrogen-bond donors (Lipinski definition) is 1. The molecule has 2 rings (SSSR count). The SMILES string of the molecule is CCOC(=O)C1=C(C)NC(=O)N(CCC(=O)OCCOC)C1c1cccc([N+](=O)[O-])c1. The molecule has 0 aliphatic carbocycles. The van der Waals surface area contributed by atoms with Crippen molar-refractivity contribution in [3.8, 4) is 0 Å². The number of nitrogens with zero attached hydrogens (tertiary/aromatic N) is 2. The molecule has 168 valence electrons. The monoisotopic (exact) mass is 435 g/mol. The summed E-state index contributed by atoms with van der Waals surface area (Å²) in [6.45, 7) is 3.53. The second-order valence-electron chi connectivity index (χ2n) is 6.60. The molecular weight excluding hydrogens is 410 g/mol. The van der Waals surface area contributed by atoms with Gasteiger partial charge in [0, 0.05) is 31.5 Å². The average molecular weight is 435 g/mol. The van der Waals surface area contributed by atoms with E-state index in [1.807, 2.05) is 0 Å². The van der Waals surface area contributed by atoms with Crippen molar-refractivity contribution in [2.45, 2.75) is 26.3 Å².